The first-order valence-electron chi connectivity index (χ1n) is 8.03. The van der Waals surface area contributed by atoms with Crippen LogP contribution in [-0.2, 0) is 6.18 Å². The van der Waals surface area contributed by atoms with Crippen molar-refractivity contribution >= 4 is 23.2 Å². The molecule has 2 rings (SSSR count). The fourth-order valence-corrected chi connectivity index (χ4v) is 2.52. The van der Waals surface area contributed by atoms with E-state index in [0.717, 1.165) is 24.3 Å². The first-order valence-corrected chi connectivity index (χ1v) is 8.41. The molecule has 0 saturated carbocycles. The highest BCUT2D eigenvalue weighted by molar-refractivity contribution is 6.32. The van der Waals surface area contributed by atoms with Gasteiger partial charge in [-0.15, -0.1) is 0 Å². The van der Waals surface area contributed by atoms with Crippen molar-refractivity contribution < 1.29 is 27.6 Å². The predicted molar refractivity (Wildman–Crippen MR) is 96.8 cm³/mol. The molecule has 2 aromatic carbocycles. The lowest BCUT2D eigenvalue weighted by molar-refractivity contribution is -0.385. The van der Waals surface area contributed by atoms with Gasteiger partial charge in [0.1, 0.15) is 17.1 Å². The van der Waals surface area contributed by atoms with Crippen LogP contribution in [0.1, 0.15) is 29.3 Å². The number of nitrogens with zero attached hydrogens (tertiary/aromatic N) is 2. The van der Waals surface area contributed by atoms with Gasteiger partial charge in [-0.3, -0.25) is 14.9 Å². The van der Waals surface area contributed by atoms with Crippen LogP contribution >= 0.6 is 11.6 Å². The fraction of sp³-hybridized carbons (Fsp3) is 0.222. The number of nitrogens with one attached hydrogen (secondary N) is 1. The van der Waals surface area contributed by atoms with Gasteiger partial charge in [0.2, 0.25) is 0 Å². The van der Waals surface area contributed by atoms with Gasteiger partial charge < -0.3 is 10.1 Å². The van der Waals surface area contributed by atoms with Crippen LogP contribution in [0, 0.1) is 21.4 Å². The molecule has 0 aliphatic heterocycles. The molecule has 0 fully saturated rings. The van der Waals surface area contributed by atoms with Crippen LogP contribution in [0.5, 0.6) is 11.5 Å². The maximum absolute atomic E-state index is 12.7. The third-order valence-electron chi connectivity index (χ3n) is 3.67. The number of benzene rings is 2. The number of alkyl halides is 3. The van der Waals surface area contributed by atoms with E-state index in [0.29, 0.717) is 6.07 Å². The SMILES string of the molecule is CC(CC#N)NC(=O)c1cc(Oc2ccc(C(F)(F)F)cc2Cl)ccc1[N+](=O)[O-]. The number of amides is 1. The summed E-state index contributed by atoms with van der Waals surface area (Å²) in [5.41, 5.74) is -1.80. The second-order valence-corrected chi connectivity index (χ2v) is 6.33. The van der Waals surface area contributed by atoms with Gasteiger partial charge in [-0.05, 0) is 31.2 Å². The molecule has 0 spiro atoms. The van der Waals surface area contributed by atoms with Crippen LogP contribution in [0.25, 0.3) is 0 Å². The molecule has 0 aliphatic rings. The number of carbonyl (C=O) groups is 1. The molecule has 0 saturated heterocycles. The number of nitriles is 1. The maximum atomic E-state index is 12.7. The molecule has 152 valence electrons. The Morgan fingerprint density at radius 3 is 2.59 bits per heavy atom. The summed E-state index contributed by atoms with van der Waals surface area (Å²) in [6.45, 7) is 1.55. The number of nitro groups is 1. The molecule has 1 amide bonds. The van der Waals surface area contributed by atoms with Gasteiger partial charge in [-0.1, -0.05) is 11.6 Å². The Balaban J connectivity index is 2.34. The molecule has 0 aliphatic carbocycles. The molecule has 0 radical (unpaired) electrons. The van der Waals surface area contributed by atoms with Crippen LogP contribution in [0.4, 0.5) is 18.9 Å². The van der Waals surface area contributed by atoms with Gasteiger partial charge in [0.15, 0.2) is 0 Å². The van der Waals surface area contributed by atoms with Crippen molar-refractivity contribution in [2.24, 2.45) is 0 Å². The lowest BCUT2D eigenvalue weighted by atomic mass is 10.1. The Labute approximate surface area is 167 Å². The van der Waals surface area contributed by atoms with Gasteiger partial charge in [0.25, 0.3) is 11.6 Å². The van der Waals surface area contributed by atoms with Gasteiger partial charge in [-0.25, -0.2) is 0 Å². The summed E-state index contributed by atoms with van der Waals surface area (Å²) < 4.78 is 43.6. The van der Waals surface area contributed by atoms with Crippen molar-refractivity contribution in [3.8, 4) is 17.6 Å². The zero-order chi connectivity index (χ0) is 21.8. The highest BCUT2D eigenvalue weighted by Gasteiger charge is 2.31. The van der Waals surface area contributed by atoms with E-state index < -0.39 is 34.3 Å². The van der Waals surface area contributed by atoms with E-state index in [-0.39, 0.29) is 28.5 Å². The van der Waals surface area contributed by atoms with E-state index in [1.807, 2.05) is 6.07 Å². The third-order valence-corrected chi connectivity index (χ3v) is 3.97. The zero-order valence-electron chi connectivity index (χ0n) is 14.8. The number of carbonyl (C=O) groups excluding carboxylic acids is 1. The summed E-state index contributed by atoms with van der Waals surface area (Å²) in [6, 6.07) is 7.03. The molecular formula is C18H13ClF3N3O4. The lowest BCUT2D eigenvalue weighted by Crippen LogP contribution is -2.32. The molecule has 1 unspecified atom stereocenters. The van der Waals surface area contributed by atoms with Crippen LogP contribution in [0.15, 0.2) is 36.4 Å². The number of rotatable bonds is 6. The van der Waals surface area contributed by atoms with Crippen LogP contribution in [-0.4, -0.2) is 16.9 Å². The summed E-state index contributed by atoms with van der Waals surface area (Å²) in [5, 5.41) is 22.0. The molecule has 29 heavy (non-hydrogen) atoms. The Morgan fingerprint density at radius 1 is 1.34 bits per heavy atom. The minimum absolute atomic E-state index is 0.00308. The van der Waals surface area contributed by atoms with E-state index in [1.165, 1.54) is 6.07 Å². The molecule has 1 N–H and O–H groups in total. The molecule has 2 aromatic rings. The first-order chi connectivity index (χ1) is 13.5. The minimum atomic E-state index is -4.58. The largest absolute Gasteiger partial charge is 0.456 e. The van der Waals surface area contributed by atoms with Crippen LogP contribution in [0.3, 0.4) is 0 Å². The first kappa shape index (κ1) is 22.0. The number of hydrogen-bond acceptors (Lipinski definition) is 5. The van der Waals surface area contributed by atoms with E-state index in [4.69, 9.17) is 21.6 Å². The maximum Gasteiger partial charge on any atom is 0.416 e. The van der Waals surface area contributed by atoms with Crippen LogP contribution < -0.4 is 10.1 Å². The summed E-state index contributed by atoms with van der Waals surface area (Å²) in [4.78, 5) is 22.8. The van der Waals surface area contributed by atoms with Crippen LogP contribution in [0.2, 0.25) is 5.02 Å². The topological polar surface area (TPSA) is 105 Å². The van der Waals surface area contributed by atoms with E-state index >= 15 is 0 Å². The summed E-state index contributed by atoms with van der Waals surface area (Å²) >= 11 is 5.83. The average Bonchev–Trinajstić information content (AvgIpc) is 2.62. The third kappa shape index (κ3) is 5.58. The Bertz CT molecular complexity index is 989. The molecular weight excluding hydrogens is 415 g/mol. The van der Waals surface area contributed by atoms with Gasteiger partial charge in [0.05, 0.1) is 28.0 Å². The van der Waals surface area contributed by atoms with Gasteiger partial charge in [0, 0.05) is 18.2 Å². The van der Waals surface area contributed by atoms with Crippen molar-refractivity contribution in [3.05, 3.63) is 62.7 Å². The number of nitro benzene ring substituents is 1. The van der Waals surface area contributed by atoms with Gasteiger partial charge in [-0.2, -0.15) is 18.4 Å². The minimum Gasteiger partial charge on any atom is -0.456 e. The number of hydrogen-bond donors (Lipinski definition) is 1. The Hall–Kier alpha value is -3.32. The highest BCUT2D eigenvalue weighted by atomic mass is 35.5. The van der Waals surface area contributed by atoms with E-state index in [9.17, 15) is 28.1 Å². The molecule has 0 heterocycles. The summed E-state index contributed by atoms with van der Waals surface area (Å²) in [6.07, 6.45) is -4.59. The Kier molecular flexibility index (Phi) is 6.66. The zero-order valence-corrected chi connectivity index (χ0v) is 15.5. The Morgan fingerprint density at radius 2 is 2.03 bits per heavy atom. The molecule has 0 bridgehead atoms. The molecule has 1 atom stereocenters. The van der Waals surface area contributed by atoms with Crippen molar-refractivity contribution in [1.82, 2.24) is 5.32 Å². The predicted octanol–water partition coefficient (Wildman–Crippen LogP) is 5.09. The quantitative estimate of drug-likeness (QED) is 0.510. The van der Waals surface area contributed by atoms with Crippen molar-refractivity contribution in [2.75, 3.05) is 0 Å². The monoisotopic (exact) mass is 427 g/mol. The standard InChI is InChI=1S/C18H13ClF3N3O4/c1-10(6-7-23)24-17(26)13-9-12(3-4-15(13)25(27)28)29-16-5-2-11(8-14(16)19)18(20,21)22/h2-5,8-10H,6H2,1H3,(H,24,26). The fourth-order valence-electron chi connectivity index (χ4n) is 2.30. The normalized spacial score (nSPS) is 12.0. The second-order valence-electron chi connectivity index (χ2n) is 5.92. The van der Waals surface area contributed by atoms with Crippen molar-refractivity contribution in [1.29, 1.82) is 5.26 Å². The average molecular weight is 428 g/mol. The molecule has 7 nitrogen and oxygen atoms in total. The number of ether oxygens (including phenoxy) is 1. The van der Waals surface area contributed by atoms with Gasteiger partial charge >= 0.3 is 6.18 Å². The van der Waals surface area contributed by atoms with Crippen molar-refractivity contribution in [3.63, 3.8) is 0 Å². The molecule has 0 aromatic heterocycles. The number of halogens is 4. The molecule has 11 heteroatoms. The van der Waals surface area contributed by atoms with E-state index in [1.54, 1.807) is 6.92 Å². The highest BCUT2D eigenvalue weighted by Crippen LogP contribution is 2.37. The summed E-state index contributed by atoms with van der Waals surface area (Å²) in [7, 11) is 0. The summed E-state index contributed by atoms with van der Waals surface area (Å²) in [5.74, 6) is -0.975. The van der Waals surface area contributed by atoms with E-state index in [2.05, 4.69) is 5.32 Å². The second kappa shape index (κ2) is 8.79. The van der Waals surface area contributed by atoms with Crippen molar-refractivity contribution in [2.45, 2.75) is 25.6 Å². The smallest absolute Gasteiger partial charge is 0.416 e. The lowest BCUT2D eigenvalue weighted by Gasteiger charge is -2.13.